The van der Waals surface area contributed by atoms with Gasteiger partial charge in [0.25, 0.3) is 0 Å². The van der Waals surface area contributed by atoms with Crippen LogP contribution in [-0.4, -0.2) is 8.07 Å². The van der Waals surface area contributed by atoms with Gasteiger partial charge in [0, 0.05) is 32.7 Å². The molecule has 0 aliphatic carbocycles. The van der Waals surface area contributed by atoms with E-state index in [4.69, 9.17) is 6.42 Å². The maximum absolute atomic E-state index is 5.12. The molecule has 1 radical (unpaired) electrons. The SMILES string of the molecule is C#C[Si](C)(C)C.[Y]. The van der Waals surface area contributed by atoms with Crippen LogP contribution in [0.4, 0.5) is 0 Å². The van der Waals surface area contributed by atoms with Crippen LogP contribution in [0.5, 0.6) is 0 Å². The Kier molecular flexibility index (Phi) is 5.91. The monoisotopic (exact) mass is 187 g/mol. The summed E-state index contributed by atoms with van der Waals surface area (Å²) >= 11 is 0. The van der Waals surface area contributed by atoms with E-state index in [1.165, 1.54) is 0 Å². The third-order valence-corrected chi connectivity index (χ3v) is 1.30. The van der Waals surface area contributed by atoms with Gasteiger partial charge in [0.1, 0.15) is 8.07 Å². The van der Waals surface area contributed by atoms with Gasteiger partial charge in [-0.15, -0.1) is 12.0 Å². The summed E-state index contributed by atoms with van der Waals surface area (Å²) in [4.78, 5) is 0. The molecular weight excluding hydrogens is 177 g/mol. The zero-order chi connectivity index (χ0) is 5.21. The van der Waals surface area contributed by atoms with E-state index in [1.807, 2.05) is 0 Å². The predicted molar refractivity (Wildman–Crippen MR) is 32.2 cm³/mol. The normalized spacial score (nSPS) is 8.86. The molecule has 0 atom stereocenters. The molecule has 0 rings (SSSR count). The first-order chi connectivity index (χ1) is 2.56. The van der Waals surface area contributed by atoms with E-state index >= 15 is 0 Å². The van der Waals surface area contributed by atoms with Gasteiger partial charge >= 0.3 is 0 Å². The third-order valence-electron chi connectivity index (χ3n) is 0.433. The zero-order valence-corrected chi connectivity index (χ0v) is 8.99. The Morgan fingerprint density at radius 2 is 1.43 bits per heavy atom. The van der Waals surface area contributed by atoms with Gasteiger partial charge in [0.2, 0.25) is 0 Å². The van der Waals surface area contributed by atoms with Gasteiger partial charge in [0.15, 0.2) is 0 Å². The Hall–Kier alpha value is 0.881. The Morgan fingerprint density at radius 3 is 1.43 bits per heavy atom. The van der Waals surface area contributed by atoms with Crippen molar-refractivity contribution in [1.29, 1.82) is 0 Å². The van der Waals surface area contributed by atoms with Gasteiger partial charge in [-0.1, -0.05) is 19.6 Å². The fraction of sp³-hybridized carbons (Fsp3) is 0.600. The van der Waals surface area contributed by atoms with Gasteiger partial charge in [-0.05, 0) is 0 Å². The summed E-state index contributed by atoms with van der Waals surface area (Å²) in [5, 5.41) is 0. The van der Waals surface area contributed by atoms with Gasteiger partial charge in [0.05, 0.1) is 0 Å². The molecular formula is C5H10SiY. The molecule has 0 aliphatic heterocycles. The van der Waals surface area contributed by atoms with E-state index in [0.717, 1.165) is 0 Å². The topological polar surface area (TPSA) is 0 Å². The molecule has 2 heteroatoms. The van der Waals surface area contributed by atoms with Crippen molar-refractivity contribution in [3.8, 4) is 12.0 Å². The van der Waals surface area contributed by atoms with Crippen molar-refractivity contribution >= 4 is 8.07 Å². The van der Waals surface area contributed by atoms with Crippen LogP contribution in [0, 0.1) is 12.0 Å². The molecule has 0 aliphatic rings. The molecule has 0 saturated heterocycles. The number of hydrogen-bond donors (Lipinski definition) is 0. The van der Waals surface area contributed by atoms with Crippen LogP contribution in [0.3, 0.4) is 0 Å². The van der Waals surface area contributed by atoms with E-state index in [0.29, 0.717) is 0 Å². The first-order valence-corrected chi connectivity index (χ1v) is 5.54. The average Bonchev–Trinajstić information content (AvgIpc) is 1.35. The smallest absolute Gasteiger partial charge is 0.128 e. The van der Waals surface area contributed by atoms with Crippen molar-refractivity contribution in [1.82, 2.24) is 0 Å². The first kappa shape index (κ1) is 10.8. The van der Waals surface area contributed by atoms with Crippen LogP contribution < -0.4 is 0 Å². The largest absolute Gasteiger partial charge is 0.135 e. The van der Waals surface area contributed by atoms with Crippen LogP contribution in [0.25, 0.3) is 0 Å². The van der Waals surface area contributed by atoms with Crippen molar-refractivity contribution < 1.29 is 32.7 Å². The molecule has 0 unspecified atom stereocenters. The number of terminal acetylenes is 1. The van der Waals surface area contributed by atoms with Gasteiger partial charge in [-0.3, -0.25) is 0 Å². The minimum absolute atomic E-state index is 0. The van der Waals surface area contributed by atoms with E-state index in [9.17, 15) is 0 Å². The van der Waals surface area contributed by atoms with E-state index in [2.05, 4.69) is 25.2 Å². The zero-order valence-electron chi connectivity index (χ0n) is 5.15. The molecule has 0 heterocycles. The second-order valence-corrected chi connectivity index (χ2v) is 7.18. The van der Waals surface area contributed by atoms with Crippen LogP contribution in [0.2, 0.25) is 19.6 Å². The van der Waals surface area contributed by atoms with Crippen molar-refractivity contribution in [3.05, 3.63) is 0 Å². The Morgan fingerprint density at radius 1 is 1.29 bits per heavy atom. The van der Waals surface area contributed by atoms with Crippen molar-refractivity contribution in [2.24, 2.45) is 0 Å². The Bertz CT molecular complexity index is 75.1. The number of rotatable bonds is 0. The minimum atomic E-state index is -1.10. The second kappa shape index (κ2) is 3.83. The molecule has 0 N–H and O–H groups in total. The van der Waals surface area contributed by atoms with Crippen LogP contribution in [0.1, 0.15) is 0 Å². The van der Waals surface area contributed by atoms with Crippen LogP contribution in [0.15, 0.2) is 0 Å². The predicted octanol–water partition coefficient (Wildman–Crippen LogP) is 1.49. The summed E-state index contributed by atoms with van der Waals surface area (Å²) in [5.74, 6) is 0. The third kappa shape index (κ3) is 10.9. The molecule has 0 aromatic heterocycles. The van der Waals surface area contributed by atoms with Crippen molar-refractivity contribution in [3.63, 3.8) is 0 Å². The summed E-state index contributed by atoms with van der Waals surface area (Å²) < 4.78 is 0. The first-order valence-electron chi connectivity index (χ1n) is 2.04. The maximum Gasteiger partial charge on any atom is 0.128 e. The summed E-state index contributed by atoms with van der Waals surface area (Å²) in [5.41, 5.74) is 2.74. The van der Waals surface area contributed by atoms with Crippen LogP contribution >= 0.6 is 0 Å². The molecule has 0 saturated carbocycles. The van der Waals surface area contributed by atoms with Crippen LogP contribution in [-0.2, 0) is 32.7 Å². The van der Waals surface area contributed by atoms with Crippen molar-refractivity contribution in [2.75, 3.05) is 0 Å². The standard InChI is InChI=1S/C5H10Si.Y/c1-5-6(2,3)4;/h1H,2-4H3;. The molecule has 0 aromatic rings. The number of hydrogen-bond acceptors (Lipinski definition) is 0. The Balaban J connectivity index is 0. The molecule has 7 heavy (non-hydrogen) atoms. The summed E-state index contributed by atoms with van der Waals surface area (Å²) in [6, 6.07) is 0. The molecule has 0 nitrogen and oxygen atoms in total. The maximum atomic E-state index is 5.12. The summed E-state index contributed by atoms with van der Waals surface area (Å²) in [6.45, 7) is 6.44. The quantitative estimate of drug-likeness (QED) is 0.398. The molecule has 0 aromatic carbocycles. The van der Waals surface area contributed by atoms with Crippen molar-refractivity contribution in [2.45, 2.75) is 19.6 Å². The van der Waals surface area contributed by atoms with Gasteiger partial charge in [-0.2, -0.15) is 0 Å². The fourth-order valence-corrected chi connectivity index (χ4v) is 0. The summed E-state index contributed by atoms with van der Waals surface area (Å²) in [6.07, 6.45) is 5.12. The van der Waals surface area contributed by atoms with Gasteiger partial charge < -0.3 is 0 Å². The van der Waals surface area contributed by atoms with E-state index < -0.39 is 8.07 Å². The molecule has 0 spiro atoms. The van der Waals surface area contributed by atoms with Gasteiger partial charge in [-0.25, -0.2) is 0 Å². The molecule has 37 valence electrons. The average molecular weight is 187 g/mol. The molecule has 0 bridgehead atoms. The summed E-state index contributed by atoms with van der Waals surface area (Å²) in [7, 11) is -1.10. The fourth-order valence-electron chi connectivity index (χ4n) is 0. The van der Waals surface area contributed by atoms with E-state index in [-0.39, 0.29) is 32.7 Å². The minimum Gasteiger partial charge on any atom is -0.135 e. The Labute approximate surface area is 72.0 Å². The van der Waals surface area contributed by atoms with E-state index in [1.54, 1.807) is 0 Å². The molecule has 0 amide bonds. The second-order valence-electron chi connectivity index (χ2n) is 2.39. The molecule has 0 fully saturated rings.